The monoisotopic (exact) mass is 547 g/mol. The lowest BCUT2D eigenvalue weighted by Gasteiger charge is -2.31. The van der Waals surface area contributed by atoms with Crippen LogP contribution in [0.15, 0.2) is 12.1 Å². The summed E-state index contributed by atoms with van der Waals surface area (Å²) < 4.78 is 16.8. The summed E-state index contributed by atoms with van der Waals surface area (Å²) in [6.45, 7) is 9.69. The van der Waals surface area contributed by atoms with Gasteiger partial charge in [-0.15, -0.1) is 0 Å². The summed E-state index contributed by atoms with van der Waals surface area (Å²) in [6, 6.07) is 3.53. The third-order valence-electron chi connectivity index (χ3n) is 8.07. The number of fused-ring (bicyclic) bond motifs is 1. The van der Waals surface area contributed by atoms with Gasteiger partial charge in [-0.25, -0.2) is 0 Å². The molecule has 0 aliphatic carbocycles. The molecular weight excluding hydrogens is 498 g/mol. The van der Waals surface area contributed by atoms with Crippen molar-refractivity contribution < 1.29 is 28.9 Å². The van der Waals surface area contributed by atoms with Crippen LogP contribution < -0.4 is 14.2 Å². The van der Waals surface area contributed by atoms with Crippen LogP contribution in [-0.2, 0) is 9.59 Å². The van der Waals surface area contributed by atoms with Crippen molar-refractivity contribution in [1.82, 2.24) is 14.7 Å². The van der Waals surface area contributed by atoms with Crippen LogP contribution in [0.3, 0.4) is 0 Å². The molecule has 1 aromatic rings. The smallest absolute Gasteiger partial charge is 0.308 e. The first kappa shape index (κ1) is 31.0. The minimum absolute atomic E-state index is 0.0865. The van der Waals surface area contributed by atoms with Gasteiger partial charge in [0.25, 0.3) is 0 Å². The molecule has 1 N–H and O–H groups in total. The number of likely N-dealkylation sites (tertiary alicyclic amines) is 1. The van der Waals surface area contributed by atoms with Gasteiger partial charge in [0.1, 0.15) is 0 Å². The van der Waals surface area contributed by atoms with Gasteiger partial charge >= 0.3 is 5.97 Å². The Morgan fingerprint density at radius 1 is 1.13 bits per heavy atom. The maximum Gasteiger partial charge on any atom is 0.308 e. The number of nitrogens with zero attached hydrogens (tertiary/aromatic N) is 3. The van der Waals surface area contributed by atoms with Gasteiger partial charge in [0.05, 0.1) is 19.6 Å². The lowest BCUT2D eigenvalue weighted by atomic mass is 9.81. The van der Waals surface area contributed by atoms with E-state index in [1.54, 1.807) is 7.11 Å². The van der Waals surface area contributed by atoms with Crippen LogP contribution in [-0.4, -0.2) is 98.4 Å². The van der Waals surface area contributed by atoms with E-state index in [2.05, 4.69) is 30.6 Å². The SMILES string of the molecule is CCCCN(CCCN(C)C)C(=O)CN1CC(c2cc(OC)c3c(c2)OCO3)C(C(=O)O)C1CC(C)CCC. The van der Waals surface area contributed by atoms with Gasteiger partial charge < -0.3 is 29.1 Å². The van der Waals surface area contributed by atoms with Gasteiger partial charge in [-0.2, -0.15) is 0 Å². The second-order valence-corrected chi connectivity index (χ2v) is 11.4. The zero-order valence-corrected chi connectivity index (χ0v) is 24.8. The predicted octanol–water partition coefficient (Wildman–Crippen LogP) is 4.30. The quantitative estimate of drug-likeness (QED) is 0.328. The van der Waals surface area contributed by atoms with E-state index in [9.17, 15) is 14.7 Å². The molecule has 0 saturated carbocycles. The number of methoxy groups -OCH3 is 1. The number of amides is 1. The van der Waals surface area contributed by atoms with Crippen molar-refractivity contribution in [2.75, 3.05) is 60.7 Å². The van der Waals surface area contributed by atoms with Crippen LogP contribution in [0.2, 0.25) is 0 Å². The Morgan fingerprint density at radius 3 is 2.51 bits per heavy atom. The van der Waals surface area contributed by atoms with Gasteiger partial charge in [-0.3, -0.25) is 14.5 Å². The number of ether oxygens (including phenoxy) is 3. The molecule has 1 amide bonds. The van der Waals surface area contributed by atoms with E-state index in [0.717, 1.165) is 57.2 Å². The van der Waals surface area contributed by atoms with Gasteiger partial charge in [0.2, 0.25) is 18.4 Å². The number of rotatable bonds is 16. The fourth-order valence-corrected chi connectivity index (χ4v) is 6.07. The minimum atomic E-state index is -0.825. The minimum Gasteiger partial charge on any atom is -0.493 e. The number of carbonyl (C=O) groups is 2. The molecule has 9 nitrogen and oxygen atoms in total. The third kappa shape index (κ3) is 8.01. The van der Waals surface area contributed by atoms with Crippen LogP contribution >= 0.6 is 0 Å². The molecule has 0 radical (unpaired) electrons. The van der Waals surface area contributed by atoms with Crippen LogP contribution in [0.1, 0.15) is 70.8 Å². The Morgan fingerprint density at radius 2 is 1.87 bits per heavy atom. The van der Waals surface area contributed by atoms with Crippen LogP contribution in [0.4, 0.5) is 0 Å². The first-order valence-corrected chi connectivity index (χ1v) is 14.6. The summed E-state index contributed by atoms with van der Waals surface area (Å²) in [7, 11) is 5.66. The van der Waals surface area contributed by atoms with E-state index < -0.39 is 11.9 Å². The van der Waals surface area contributed by atoms with Crippen molar-refractivity contribution in [1.29, 1.82) is 0 Å². The summed E-state index contributed by atoms with van der Waals surface area (Å²) in [4.78, 5) is 32.8. The molecule has 2 aliphatic heterocycles. The average Bonchev–Trinajstić information content (AvgIpc) is 3.50. The normalized spacial score (nSPS) is 21.4. The second kappa shape index (κ2) is 14.7. The molecule has 0 bridgehead atoms. The molecule has 4 unspecified atom stereocenters. The van der Waals surface area contributed by atoms with Crippen molar-refractivity contribution in [3.63, 3.8) is 0 Å². The molecule has 39 heavy (non-hydrogen) atoms. The van der Waals surface area contributed by atoms with E-state index in [4.69, 9.17) is 14.2 Å². The van der Waals surface area contributed by atoms with Gasteiger partial charge in [0.15, 0.2) is 11.5 Å². The van der Waals surface area contributed by atoms with Crippen molar-refractivity contribution in [2.45, 2.75) is 71.3 Å². The molecular formula is C30H49N3O6. The molecule has 9 heteroatoms. The number of hydrogen-bond acceptors (Lipinski definition) is 7. The molecule has 3 rings (SSSR count). The van der Waals surface area contributed by atoms with Crippen molar-refractivity contribution in [3.8, 4) is 17.2 Å². The fourth-order valence-electron chi connectivity index (χ4n) is 6.07. The number of carboxylic acid groups (broad SMARTS) is 1. The highest BCUT2D eigenvalue weighted by molar-refractivity contribution is 5.79. The zero-order valence-electron chi connectivity index (χ0n) is 24.8. The summed E-state index contributed by atoms with van der Waals surface area (Å²) in [6.07, 6.45) is 5.71. The second-order valence-electron chi connectivity index (χ2n) is 11.4. The Hall–Kier alpha value is -2.52. The first-order chi connectivity index (χ1) is 18.7. The van der Waals surface area contributed by atoms with Crippen molar-refractivity contribution >= 4 is 11.9 Å². The fraction of sp³-hybridized carbons (Fsp3) is 0.733. The summed E-state index contributed by atoms with van der Waals surface area (Å²) in [5.41, 5.74) is 0.848. The largest absolute Gasteiger partial charge is 0.493 e. The summed E-state index contributed by atoms with van der Waals surface area (Å²) in [5, 5.41) is 10.5. The molecule has 2 aliphatic rings. The number of hydrogen-bond donors (Lipinski definition) is 1. The van der Waals surface area contributed by atoms with Crippen molar-refractivity contribution in [2.24, 2.45) is 11.8 Å². The molecule has 0 aromatic heterocycles. The van der Waals surface area contributed by atoms with Crippen LogP contribution in [0.25, 0.3) is 0 Å². The standard InChI is InChI=1S/C30H49N3O6/c1-7-9-13-32(14-10-12-31(4)5)27(34)19-33-18-23(28(30(35)36)24(33)15-21(3)11-8-2)22-16-25(37-6)29-26(17-22)38-20-39-29/h16-17,21,23-24,28H,7-15,18-20H2,1-6H3,(H,35,36). The van der Waals surface area contributed by atoms with Crippen LogP contribution in [0, 0.1) is 11.8 Å². The van der Waals surface area contributed by atoms with Crippen molar-refractivity contribution in [3.05, 3.63) is 17.7 Å². The lowest BCUT2D eigenvalue weighted by Crippen LogP contribution is -2.45. The maximum atomic E-state index is 13.7. The molecule has 1 aromatic carbocycles. The highest BCUT2D eigenvalue weighted by Crippen LogP contribution is 2.47. The Balaban J connectivity index is 1.90. The number of aliphatic carboxylic acids is 1. The number of carbonyl (C=O) groups excluding carboxylic acids is 1. The highest BCUT2D eigenvalue weighted by Gasteiger charge is 2.48. The highest BCUT2D eigenvalue weighted by atomic mass is 16.7. The Bertz CT molecular complexity index is 955. The number of carboxylic acids is 1. The Kier molecular flexibility index (Phi) is 11.7. The molecule has 1 fully saturated rings. The third-order valence-corrected chi connectivity index (χ3v) is 8.07. The maximum absolute atomic E-state index is 13.7. The lowest BCUT2D eigenvalue weighted by molar-refractivity contribution is -0.144. The van der Waals surface area contributed by atoms with Gasteiger partial charge in [-0.05, 0) is 63.5 Å². The van der Waals surface area contributed by atoms with Gasteiger partial charge in [0, 0.05) is 31.6 Å². The van der Waals surface area contributed by atoms with Crippen LogP contribution in [0.5, 0.6) is 17.2 Å². The van der Waals surface area contributed by atoms with E-state index in [1.807, 2.05) is 31.1 Å². The number of unbranched alkanes of at least 4 members (excludes halogenated alkanes) is 1. The topological polar surface area (TPSA) is 91.8 Å². The van der Waals surface area contributed by atoms with Gasteiger partial charge in [-0.1, -0.05) is 40.0 Å². The summed E-state index contributed by atoms with van der Waals surface area (Å²) in [5.74, 6) is 0.357. The summed E-state index contributed by atoms with van der Waals surface area (Å²) >= 11 is 0. The molecule has 0 spiro atoms. The molecule has 1 saturated heterocycles. The Labute approximate surface area is 234 Å². The molecule has 4 atom stereocenters. The first-order valence-electron chi connectivity index (χ1n) is 14.6. The van der Waals surface area contributed by atoms with E-state index in [-0.39, 0.29) is 31.2 Å². The zero-order chi connectivity index (χ0) is 28.5. The average molecular weight is 548 g/mol. The number of benzene rings is 1. The van der Waals surface area contributed by atoms with E-state index in [1.165, 1.54) is 0 Å². The predicted molar refractivity (Wildman–Crippen MR) is 152 cm³/mol. The van der Waals surface area contributed by atoms with E-state index >= 15 is 0 Å². The van der Waals surface area contributed by atoms with E-state index in [0.29, 0.717) is 36.3 Å². The molecule has 220 valence electrons. The molecule has 2 heterocycles.